The molecule has 1 aliphatic carbocycles. The summed E-state index contributed by atoms with van der Waals surface area (Å²) in [6, 6.07) is 3.87. The van der Waals surface area contributed by atoms with Crippen molar-refractivity contribution in [2.24, 2.45) is 17.6 Å². The van der Waals surface area contributed by atoms with Crippen LogP contribution in [-0.2, 0) is 22.6 Å². The number of rotatable bonds is 4. The maximum absolute atomic E-state index is 12.1. The van der Waals surface area contributed by atoms with Gasteiger partial charge >= 0.3 is 31.1 Å². The monoisotopic (exact) mass is 579 g/mol. The molecule has 5 N–H and O–H groups in total. The van der Waals surface area contributed by atoms with Crippen molar-refractivity contribution in [3.05, 3.63) is 36.0 Å². The van der Waals surface area contributed by atoms with Gasteiger partial charge in [-0.25, -0.2) is 0 Å². The number of anilines is 1. The first kappa shape index (κ1) is 23.7. The Balaban J connectivity index is 0.000000773. The van der Waals surface area contributed by atoms with Crippen molar-refractivity contribution in [3.63, 3.8) is 0 Å². The van der Waals surface area contributed by atoms with Crippen molar-refractivity contribution >= 4 is 24.9 Å². The van der Waals surface area contributed by atoms with Gasteiger partial charge in [-0.3, -0.25) is 9.78 Å². The summed E-state index contributed by atoms with van der Waals surface area (Å²) in [6.45, 7) is 2.53. The second kappa shape index (κ2) is 15.0. The average Bonchev–Trinajstić information content (AvgIpc) is 2.64. The Morgan fingerprint density at radius 3 is 2.21 bits per heavy atom. The molecule has 0 aromatic carbocycles. The molecule has 0 aliphatic heterocycles. The van der Waals surface area contributed by atoms with Gasteiger partial charge in [0.05, 0.1) is 0 Å². The number of nitrogens with one attached hydrogen (secondary N) is 3. The Morgan fingerprint density at radius 2 is 1.79 bits per heavy atom. The maximum atomic E-state index is 12.1. The molecule has 1 amide bonds. The van der Waals surface area contributed by atoms with Gasteiger partial charge in [-0.1, -0.05) is 0 Å². The molecular weight excluding hydrogens is 553 g/mol. The SMILES string of the molecule is C[C@@H](N)C1CCC(C(=O)Nc2ccncc2)CC1.[Br][Pt].[NH-]CC[NH-]. The van der Waals surface area contributed by atoms with Crippen molar-refractivity contribution < 1.29 is 22.6 Å². The van der Waals surface area contributed by atoms with Gasteiger partial charge in [0.15, 0.2) is 0 Å². The average molecular weight is 580 g/mol. The molecule has 8 heteroatoms. The van der Waals surface area contributed by atoms with Gasteiger partial charge in [0, 0.05) is 30.0 Å². The first-order valence-electron chi connectivity index (χ1n) is 7.96. The van der Waals surface area contributed by atoms with Crippen molar-refractivity contribution in [3.8, 4) is 0 Å². The molecule has 0 radical (unpaired) electrons. The number of carbonyl (C=O) groups excluding carboxylic acids is 1. The van der Waals surface area contributed by atoms with E-state index in [9.17, 15) is 4.79 Å². The van der Waals surface area contributed by atoms with Gasteiger partial charge in [0.2, 0.25) is 5.91 Å². The van der Waals surface area contributed by atoms with Crippen LogP contribution >= 0.6 is 13.3 Å². The molecule has 1 saturated carbocycles. The van der Waals surface area contributed by atoms with E-state index in [2.05, 4.69) is 30.5 Å². The summed E-state index contributed by atoms with van der Waals surface area (Å²) in [5, 5.41) is 2.95. The van der Waals surface area contributed by atoms with Crippen molar-refractivity contribution in [2.75, 3.05) is 18.4 Å². The van der Waals surface area contributed by atoms with Gasteiger partial charge in [-0.05, 0) is 50.7 Å². The number of hydrogen-bond acceptors (Lipinski definition) is 3. The second-order valence-electron chi connectivity index (χ2n) is 5.70. The van der Waals surface area contributed by atoms with Gasteiger partial charge in [-0.15, -0.1) is 0 Å². The molecule has 2 rings (SSSR count). The molecule has 0 saturated heterocycles. The first-order valence-corrected chi connectivity index (χ1v) is 12.9. The third-order valence-electron chi connectivity index (χ3n) is 3.96. The molecule has 0 spiro atoms. The van der Waals surface area contributed by atoms with E-state index in [-0.39, 0.29) is 31.0 Å². The van der Waals surface area contributed by atoms with E-state index in [1.807, 2.05) is 29.9 Å². The van der Waals surface area contributed by atoms with Crippen molar-refractivity contribution in [1.82, 2.24) is 4.98 Å². The number of carbonyl (C=O) groups is 1. The fourth-order valence-corrected chi connectivity index (χ4v) is 2.59. The number of aromatic nitrogens is 1. The van der Waals surface area contributed by atoms with E-state index in [4.69, 9.17) is 17.2 Å². The van der Waals surface area contributed by atoms with Crippen LogP contribution in [0.5, 0.6) is 0 Å². The summed E-state index contributed by atoms with van der Waals surface area (Å²) >= 11 is 4.86. The molecular formula is C16H27BrN5OPt-2. The molecule has 1 aromatic rings. The molecule has 24 heavy (non-hydrogen) atoms. The van der Waals surface area contributed by atoms with Crippen LogP contribution in [0, 0.1) is 11.8 Å². The number of nitrogens with two attached hydrogens (primary N) is 1. The molecule has 0 unspecified atom stereocenters. The molecule has 0 bridgehead atoms. The van der Waals surface area contributed by atoms with Crippen LogP contribution in [0.1, 0.15) is 32.6 Å². The molecule has 141 valence electrons. The zero-order chi connectivity index (χ0) is 18.4. The van der Waals surface area contributed by atoms with Crippen LogP contribution in [0.4, 0.5) is 5.69 Å². The minimum absolute atomic E-state index is 0.129. The zero-order valence-electron chi connectivity index (χ0n) is 13.9. The number of halogens is 1. The molecule has 1 heterocycles. The summed E-state index contributed by atoms with van der Waals surface area (Å²) < 4.78 is 0. The minimum atomic E-state index is 0.129. The van der Waals surface area contributed by atoms with Crippen LogP contribution in [0.25, 0.3) is 11.5 Å². The van der Waals surface area contributed by atoms with E-state index in [0.29, 0.717) is 5.92 Å². The molecule has 6 nitrogen and oxygen atoms in total. The van der Waals surface area contributed by atoms with Crippen LogP contribution in [-0.4, -0.2) is 30.0 Å². The Kier molecular flexibility index (Phi) is 14.8. The van der Waals surface area contributed by atoms with Gasteiger partial charge in [0.25, 0.3) is 0 Å². The van der Waals surface area contributed by atoms with Crippen LogP contribution in [0.3, 0.4) is 0 Å². The van der Waals surface area contributed by atoms with E-state index < -0.39 is 0 Å². The summed E-state index contributed by atoms with van der Waals surface area (Å²) in [7, 11) is 0. The second-order valence-corrected chi connectivity index (χ2v) is 5.70. The van der Waals surface area contributed by atoms with E-state index in [0.717, 1.165) is 31.4 Å². The van der Waals surface area contributed by atoms with Crippen LogP contribution < -0.4 is 11.1 Å². The normalized spacial score (nSPS) is 20.6. The largest absolute Gasteiger partial charge is 0.679 e. The third-order valence-corrected chi connectivity index (χ3v) is 3.96. The third kappa shape index (κ3) is 9.84. The van der Waals surface area contributed by atoms with E-state index >= 15 is 0 Å². The van der Waals surface area contributed by atoms with Gasteiger partial charge in [-0.2, -0.15) is 13.1 Å². The first-order chi connectivity index (χ1) is 11.6. The summed E-state index contributed by atoms with van der Waals surface area (Å²) in [6.07, 6.45) is 7.38. The predicted octanol–water partition coefficient (Wildman–Crippen LogP) is 4.11. The van der Waals surface area contributed by atoms with E-state index in [1.165, 1.54) is 0 Å². The Hall–Kier alpha value is -0.332. The zero-order valence-corrected chi connectivity index (χ0v) is 17.8. The fourth-order valence-electron chi connectivity index (χ4n) is 2.59. The molecule has 1 aromatic heterocycles. The topological polar surface area (TPSA) is 116 Å². The summed E-state index contributed by atoms with van der Waals surface area (Å²) in [5.74, 6) is 0.840. The Morgan fingerprint density at radius 1 is 1.29 bits per heavy atom. The minimum Gasteiger partial charge on any atom is -0.679 e. The molecule has 1 atom stereocenters. The van der Waals surface area contributed by atoms with Crippen LogP contribution in [0.2, 0.25) is 0 Å². The fraction of sp³-hybridized carbons (Fsp3) is 0.625. The molecule has 1 fully saturated rings. The predicted molar refractivity (Wildman–Crippen MR) is 99.3 cm³/mol. The van der Waals surface area contributed by atoms with Gasteiger partial charge < -0.3 is 22.5 Å². The Bertz CT molecular complexity index is 426. The quantitative estimate of drug-likeness (QED) is 0.559. The van der Waals surface area contributed by atoms with Gasteiger partial charge in [0.1, 0.15) is 0 Å². The number of hydrogen-bond donors (Lipinski definition) is 2. The number of pyridine rings is 1. The molecule has 1 aliphatic rings. The van der Waals surface area contributed by atoms with Crippen LogP contribution in [0.15, 0.2) is 24.5 Å². The van der Waals surface area contributed by atoms with Crippen molar-refractivity contribution in [1.29, 1.82) is 0 Å². The smallest absolute Gasteiger partial charge is 0.171 e. The maximum Gasteiger partial charge on any atom is -0.171 e. The standard InChI is InChI=1S/C14H21N3O.C2H6N2.BrH.Pt/c1-10(15)11-2-4-12(5-3-11)14(18)17-13-6-8-16-9-7-13;3-1-2-4;;/h6-12H,2-5,15H2,1H3,(H,16,17,18);3-4H,1-2H2;1H;/q;-2;;+1/p-1/t10-,11?,12?;;;/m1.../s1. The number of amides is 1. The Labute approximate surface area is 162 Å². The van der Waals surface area contributed by atoms with Crippen molar-refractivity contribution in [2.45, 2.75) is 38.6 Å². The summed E-state index contributed by atoms with van der Waals surface area (Å²) in [4.78, 5) is 16.0. The number of nitrogens with zero attached hydrogens (tertiary/aromatic N) is 1. The van der Waals surface area contributed by atoms with E-state index in [1.54, 1.807) is 12.4 Å². The summed E-state index contributed by atoms with van der Waals surface area (Å²) in [5.41, 5.74) is 19.3.